The highest BCUT2D eigenvalue weighted by atomic mass is 35.5. The molecule has 20 heavy (non-hydrogen) atoms. The summed E-state index contributed by atoms with van der Waals surface area (Å²) in [4.78, 5) is 3.71. The van der Waals surface area contributed by atoms with Crippen LogP contribution in [-0.2, 0) is 19.8 Å². The van der Waals surface area contributed by atoms with Crippen LogP contribution in [-0.4, -0.2) is 9.55 Å². The van der Waals surface area contributed by atoms with Gasteiger partial charge in [-0.3, -0.25) is 0 Å². The summed E-state index contributed by atoms with van der Waals surface area (Å²) in [5, 5.41) is 3.73. The Labute approximate surface area is 123 Å². The average molecular weight is 324 g/mol. The largest absolute Gasteiger partial charge is 0.417 e. The van der Waals surface area contributed by atoms with E-state index in [0.29, 0.717) is 22.5 Å². The quantitative estimate of drug-likeness (QED) is 0.909. The van der Waals surface area contributed by atoms with Crippen molar-refractivity contribution in [2.45, 2.75) is 12.7 Å². The van der Waals surface area contributed by atoms with Crippen molar-refractivity contribution in [2.24, 2.45) is 7.05 Å². The van der Waals surface area contributed by atoms with Crippen LogP contribution in [0.2, 0.25) is 10.2 Å². The predicted octanol–water partition coefficient (Wildman–Crippen LogP) is 4.36. The molecule has 2 aromatic heterocycles. The maximum Gasteiger partial charge on any atom is 0.417 e. The van der Waals surface area contributed by atoms with Crippen molar-refractivity contribution < 1.29 is 13.2 Å². The zero-order chi connectivity index (χ0) is 14.9. The molecule has 0 aliphatic heterocycles. The van der Waals surface area contributed by atoms with E-state index in [0.717, 1.165) is 18.0 Å². The number of halogens is 5. The number of hydrogen-bond acceptors (Lipinski definition) is 2. The van der Waals surface area contributed by atoms with Gasteiger partial charge >= 0.3 is 6.18 Å². The summed E-state index contributed by atoms with van der Waals surface area (Å²) in [5.74, 6) is 0.339. The van der Waals surface area contributed by atoms with Crippen molar-refractivity contribution in [1.82, 2.24) is 9.55 Å². The summed E-state index contributed by atoms with van der Waals surface area (Å²) in [5.41, 5.74) is 0.00898. The summed E-state index contributed by atoms with van der Waals surface area (Å²) in [6.07, 6.45) is -3.60. The molecule has 0 aliphatic rings. The van der Waals surface area contributed by atoms with Crippen LogP contribution < -0.4 is 5.32 Å². The van der Waals surface area contributed by atoms with E-state index in [1.54, 1.807) is 17.7 Å². The van der Waals surface area contributed by atoms with Crippen molar-refractivity contribution in [3.05, 3.63) is 45.8 Å². The van der Waals surface area contributed by atoms with Crippen LogP contribution in [0, 0.1) is 0 Å². The number of pyridine rings is 1. The van der Waals surface area contributed by atoms with Gasteiger partial charge in [-0.1, -0.05) is 23.2 Å². The van der Waals surface area contributed by atoms with E-state index in [2.05, 4.69) is 10.3 Å². The fourth-order valence-electron chi connectivity index (χ4n) is 1.61. The molecule has 0 aromatic carbocycles. The lowest BCUT2D eigenvalue weighted by Crippen LogP contribution is -2.08. The van der Waals surface area contributed by atoms with Gasteiger partial charge in [-0.05, 0) is 18.2 Å². The van der Waals surface area contributed by atoms with E-state index in [9.17, 15) is 13.2 Å². The molecular weight excluding hydrogens is 314 g/mol. The highest BCUT2D eigenvalue weighted by Gasteiger charge is 2.30. The molecule has 0 aliphatic carbocycles. The lowest BCUT2D eigenvalue weighted by molar-refractivity contribution is -0.137. The Balaban J connectivity index is 2.06. The van der Waals surface area contributed by atoms with Gasteiger partial charge in [0.05, 0.1) is 17.1 Å². The first-order valence-corrected chi connectivity index (χ1v) is 6.31. The molecule has 0 saturated carbocycles. The van der Waals surface area contributed by atoms with Gasteiger partial charge in [-0.15, -0.1) is 0 Å². The first kappa shape index (κ1) is 15.0. The number of nitrogens with one attached hydrogen (secondary N) is 1. The number of rotatable bonds is 3. The van der Waals surface area contributed by atoms with Gasteiger partial charge < -0.3 is 9.88 Å². The molecule has 0 radical (unpaired) electrons. The minimum Gasteiger partial charge on any atom is -0.364 e. The molecule has 0 amide bonds. The molecule has 108 valence electrons. The summed E-state index contributed by atoms with van der Waals surface area (Å²) in [6.45, 7) is 0.349. The maximum absolute atomic E-state index is 12.4. The fraction of sp³-hybridized carbons (Fsp3) is 0.250. The number of hydrogen-bond donors (Lipinski definition) is 1. The molecule has 8 heteroatoms. The van der Waals surface area contributed by atoms with Crippen LogP contribution in [0.25, 0.3) is 0 Å². The Hall–Kier alpha value is -1.40. The van der Waals surface area contributed by atoms with Crippen molar-refractivity contribution in [2.75, 3.05) is 5.32 Å². The highest BCUT2D eigenvalue weighted by molar-refractivity contribution is 6.41. The molecule has 0 saturated heterocycles. The maximum atomic E-state index is 12.4. The number of nitrogens with zero attached hydrogens (tertiary/aromatic N) is 2. The zero-order valence-electron chi connectivity index (χ0n) is 10.3. The minimum absolute atomic E-state index is 0.339. The van der Waals surface area contributed by atoms with E-state index in [-0.39, 0.29) is 0 Å². The third-order valence-electron chi connectivity index (χ3n) is 2.76. The second kappa shape index (κ2) is 5.54. The van der Waals surface area contributed by atoms with E-state index >= 15 is 0 Å². The van der Waals surface area contributed by atoms with Crippen LogP contribution >= 0.6 is 23.2 Å². The van der Waals surface area contributed by atoms with Crippen LogP contribution in [0.15, 0.2) is 24.4 Å². The smallest absolute Gasteiger partial charge is 0.364 e. The van der Waals surface area contributed by atoms with Crippen molar-refractivity contribution in [3.63, 3.8) is 0 Å². The molecule has 0 atom stereocenters. The fourth-order valence-corrected chi connectivity index (χ4v) is 2.02. The topological polar surface area (TPSA) is 29.9 Å². The molecule has 2 heterocycles. The third-order valence-corrected chi connectivity index (χ3v) is 3.60. The van der Waals surface area contributed by atoms with Crippen molar-refractivity contribution in [3.8, 4) is 0 Å². The van der Waals surface area contributed by atoms with E-state index in [1.165, 1.54) is 6.07 Å². The molecule has 0 spiro atoms. The average Bonchev–Trinajstić information content (AvgIpc) is 2.63. The third kappa shape index (κ3) is 3.19. The molecule has 1 N–H and O–H groups in total. The second-order valence-electron chi connectivity index (χ2n) is 4.12. The monoisotopic (exact) mass is 323 g/mol. The summed E-state index contributed by atoms with van der Waals surface area (Å²) < 4.78 is 38.8. The van der Waals surface area contributed by atoms with E-state index in [1.807, 2.05) is 0 Å². The Morgan fingerprint density at radius 1 is 1.30 bits per heavy atom. The van der Waals surface area contributed by atoms with Crippen LogP contribution in [0.4, 0.5) is 19.0 Å². The van der Waals surface area contributed by atoms with Crippen molar-refractivity contribution >= 4 is 29.0 Å². The second-order valence-corrected chi connectivity index (χ2v) is 4.88. The molecule has 2 aromatic rings. The highest BCUT2D eigenvalue weighted by Crippen LogP contribution is 2.29. The molecule has 0 fully saturated rings. The van der Waals surface area contributed by atoms with Gasteiger partial charge in [-0.25, -0.2) is 4.98 Å². The predicted molar refractivity (Wildman–Crippen MR) is 72.0 cm³/mol. The van der Waals surface area contributed by atoms with Crippen molar-refractivity contribution in [1.29, 1.82) is 0 Å². The Bertz CT molecular complexity index is 606. The molecule has 0 unspecified atom stereocenters. The Morgan fingerprint density at radius 2 is 2.00 bits per heavy atom. The summed E-state index contributed by atoms with van der Waals surface area (Å²) in [6, 6.07) is 3.93. The SMILES string of the molecule is Cn1c(CNc2ccc(C(F)(F)F)cn2)cc(Cl)c1Cl. The zero-order valence-corrected chi connectivity index (χ0v) is 11.8. The van der Waals surface area contributed by atoms with Crippen LogP contribution in [0.5, 0.6) is 0 Å². The van der Waals surface area contributed by atoms with E-state index < -0.39 is 11.7 Å². The van der Waals surface area contributed by atoms with Gasteiger partial charge in [0.2, 0.25) is 0 Å². The van der Waals surface area contributed by atoms with Gasteiger partial charge in [0, 0.05) is 18.9 Å². The molecule has 2 rings (SSSR count). The molecule has 3 nitrogen and oxygen atoms in total. The lowest BCUT2D eigenvalue weighted by atomic mass is 10.3. The first-order valence-electron chi connectivity index (χ1n) is 5.55. The lowest BCUT2D eigenvalue weighted by Gasteiger charge is -2.09. The minimum atomic E-state index is -4.38. The standard InChI is InChI=1S/C12H10Cl2F3N3/c1-20-8(4-9(13)11(20)14)6-19-10-3-2-7(5-18-10)12(15,16)17/h2-5H,6H2,1H3,(H,18,19). The Morgan fingerprint density at radius 3 is 2.45 bits per heavy atom. The molecular formula is C12H10Cl2F3N3. The summed E-state index contributed by atoms with van der Waals surface area (Å²) >= 11 is 11.8. The number of alkyl halides is 3. The number of anilines is 1. The van der Waals surface area contributed by atoms with Gasteiger partial charge in [-0.2, -0.15) is 13.2 Å². The molecule has 0 bridgehead atoms. The first-order chi connectivity index (χ1) is 9.29. The summed E-state index contributed by atoms with van der Waals surface area (Å²) in [7, 11) is 1.74. The Kier molecular flexibility index (Phi) is 4.15. The van der Waals surface area contributed by atoms with E-state index in [4.69, 9.17) is 23.2 Å². The van der Waals surface area contributed by atoms with Gasteiger partial charge in [0.15, 0.2) is 0 Å². The number of aromatic nitrogens is 2. The van der Waals surface area contributed by atoms with Gasteiger partial charge in [0.1, 0.15) is 11.0 Å². The normalized spacial score (nSPS) is 11.7. The van der Waals surface area contributed by atoms with Crippen LogP contribution in [0.3, 0.4) is 0 Å². The van der Waals surface area contributed by atoms with Gasteiger partial charge in [0.25, 0.3) is 0 Å². The van der Waals surface area contributed by atoms with Crippen LogP contribution in [0.1, 0.15) is 11.3 Å².